The number of hydrogen-bond acceptors (Lipinski definition) is 7. The minimum Gasteiger partial charge on any atom is -0.338 e. The number of imidazole rings is 2. The number of carbonyl (C=O) groups is 1. The predicted molar refractivity (Wildman–Crippen MR) is 246 cm³/mol. The van der Waals surface area contributed by atoms with Gasteiger partial charge in [-0.2, -0.15) is 26.3 Å². The highest BCUT2D eigenvalue weighted by Gasteiger charge is 2.37. The van der Waals surface area contributed by atoms with E-state index in [0.29, 0.717) is 45.2 Å². The smallest absolute Gasteiger partial charge is 0.338 e. The van der Waals surface area contributed by atoms with E-state index in [-0.39, 0.29) is 27.5 Å². The Morgan fingerprint density at radius 3 is 1.49 bits per heavy atom. The van der Waals surface area contributed by atoms with Crippen LogP contribution < -0.4 is 9.44 Å². The van der Waals surface area contributed by atoms with Crippen LogP contribution in [0.2, 0.25) is 0 Å². The van der Waals surface area contributed by atoms with Crippen LogP contribution in [0.25, 0.3) is 68.6 Å². The van der Waals surface area contributed by atoms with Crippen molar-refractivity contribution in [2.75, 3.05) is 14.1 Å². The van der Waals surface area contributed by atoms with E-state index in [9.17, 15) is 48.0 Å². The van der Waals surface area contributed by atoms with Gasteiger partial charge < -0.3 is 9.97 Å². The third-order valence-corrected chi connectivity index (χ3v) is 13.3. The summed E-state index contributed by atoms with van der Waals surface area (Å²) >= 11 is 0. The molecule has 8 aromatic rings. The second-order valence-electron chi connectivity index (χ2n) is 14.8. The second-order valence-corrected chi connectivity index (χ2v) is 18.5. The van der Waals surface area contributed by atoms with Crippen LogP contribution in [0.4, 0.5) is 26.3 Å². The molecule has 0 atom stereocenters. The van der Waals surface area contributed by atoms with E-state index in [4.69, 9.17) is 0 Å². The molecule has 0 aliphatic rings. The van der Waals surface area contributed by atoms with Gasteiger partial charge in [-0.15, -0.1) is 0 Å². The fraction of sp³-hybridized carbons (Fsp3) is 0.104. The molecule has 2 aromatic heterocycles. The van der Waals surface area contributed by atoms with E-state index in [0.717, 1.165) is 34.3 Å². The Labute approximate surface area is 380 Å². The van der Waals surface area contributed by atoms with E-state index in [1.807, 2.05) is 48.6 Å². The van der Waals surface area contributed by atoms with Crippen molar-refractivity contribution in [2.24, 2.45) is 0 Å². The Kier molecular flexibility index (Phi) is 13.5. The molecule has 344 valence electrons. The summed E-state index contributed by atoms with van der Waals surface area (Å²) in [6.45, 7) is 1.54. The van der Waals surface area contributed by atoms with Crippen molar-refractivity contribution in [3.63, 3.8) is 0 Å². The predicted octanol–water partition coefficient (Wildman–Crippen LogP) is 10.9. The molecule has 0 fully saturated rings. The lowest BCUT2D eigenvalue weighted by Crippen LogP contribution is -2.19. The maximum Gasteiger partial charge on any atom is 0.417 e. The van der Waals surface area contributed by atoms with Crippen LogP contribution in [0.1, 0.15) is 51.2 Å². The molecule has 8 rings (SSSR count). The first-order chi connectivity index (χ1) is 31.7. The summed E-state index contributed by atoms with van der Waals surface area (Å²) < 4.78 is 133. The van der Waals surface area contributed by atoms with Crippen molar-refractivity contribution in [1.29, 1.82) is 0 Å². The Bertz CT molecular complexity index is 3430. The van der Waals surface area contributed by atoms with Gasteiger partial charge in [-0.05, 0) is 104 Å². The number of ketones is 1. The van der Waals surface area contributed by atoms with Crippen LogP contribution in [-0.2, 0) is 32.4 Å². The topological polar surface area (TPSA) is 167 Å². The number of aromatic amines is 2. The SMILES string of the molecule is CNS(=O)(=O)c1ccccc1-c1ccc2nc(/C=C/c3ccc(C(C)=O)cc3)[nH]c2c1.CNS(=O)(=O)c1ccccc1-c1ccc2nc(/C=C/c3ccc(C(F)(F)F)cc3C(F)(F)F)[nH]c2c1. The fourth-order valence-corrected chi connectivity index (χ4v) is 8.85. The Morgan fingerprint density at radius 2 is 1.04 bits per heavy atom. The van der Waals surface area contributed by atoms with Crippen molar-refractivity contribution in [1.82, 2.24) is 29.4 Å². The van der Waals surface area contributed by atoms with Gasteiger partial charge in [0, 0.05) is 16.7 Å². The Morgan fingerprint density at radius 1 is 0.567 bits per heavy atom. The summed E-state index contributed by atoms with van der Waals surface area (Å²) in [7, 11) is -4.63. The minimum atomic E-state index is -5.00. The number of H-pyrrole nitrogens is 2. The number of fused-ring (bicyclic) bond motifs is 2. The zero-order valence-electron chi connectivity index (χ0n) is 35.5. The number of nitrogens with one attached hydrogen (secondary N) is 4. The number of aromatic nitrogens is 4. The van der Waals surface area contributed by atoms with E-state index >= 15 is 0 Å². The van der Waals surface area contributed by atoms with Crippen molar-refractivity contribution in [3.05, 3.63) is 167 Å². The second kappa shape index (κ2) is 19.0. The number of rotatable bonds is 11. The van der Waals surface area contributed by atoms with Gasteiger partial charge in [-0.25, -0.2) is 36.2 Å². The molecule has 0 aliphatic heterocycles. The quantitative estimate of drug-likeness (QED) is 0.0739. The number of Topliss-reactive ketones (excluding diaryl/α,β-unsaturated/α-hetero) is 1. The molecule has 4 N–H and O–H groups in total. The average molecular weight is 957 g/mol. The normalized spacial score (nSPS) is 12.6. The van der Waals surface area contributed by atoms with Gasteiger partial charge in [0.1, 0.15) is 11.6 Å². The molecule has 0 unspecified atom stereocenters. The Hall–Kier alpha value is -7.19. The first-order valence-electron chi connectivity index (χ1n) is 20.0. The summed E-state index contributed by atoms with van der Waals surface area (Å²) in [6, 6.07) is 32.5. The number of hydrogen-bond donors (Lipinski definition) is 4. The van der Waals surface area contributed by atoms with Crippen molar-refractivity contribution in [3.8, 4) is 22.3 Å². The van der Waals surface area contributed by atoms with Gasteiger partial charge in [0.25, 0.3) is 0 Å². The molecule has 19 heteroatoms. The first kappa shape index (κ1) is 47.8. The highest BCUT2D eigenvalue weighted by molar-refractivity contribution is 7.90. The number of benzene rings is 6. The zero-order chi connectivity index (χ0) is 48.3. The number of alkyl halides is 6. The molecule has 0 spiro atoms. The standard InChI is InChI=1S/C24H17F6N3O2S.C24H21N3O3S/c1-31-36(34,35)21-5-3-2-4-17(21)15-7-10-19-20(12-15)33-22(32-19)11-8-14-6-9-16(23(25,26)27)13-18(14)24(28,29)30;1-16(28)18-10-7-17(8-11-18)9-14-24-26-21-13-12-19(15-22(21)27-24)20-5-3-4-6-23(20)31(29,30)25-2/h2-13,31H,1H3,(H,32,33);3-15,25H,1-2H3,(H,26,27)/b11-8+;14-9+. The average Bonchev–Trinajstić information content (AvgIpc) is 3.93. The number of carbonyl (C=O) groups excluding carboxylic acids is 1. The fourth-order valence-electron chi connectivity index (χ4n) is 6.95. The van der Waals surface area contributed by atoms with E-state index in [1.165, 1.54) is 26.2 Å². The molecule has 0 aliphatic carbocycles. The molecule has 0 saturated carbocycles. The lowest BCUT2D eigenvalue weighted by molar-refractivity contribution is -0.143. The summed E-state index contributed by atoms with van der Waals surface area (Å²) in [4.78, 5) is 26.7. The molecule has 11 nitrogen and oxygen atoms in total. The minimum absolute atomic E-state index is 0.0349. The molecule has 0 radical (unpaired) electrons. The van der Waals surface area contributed by atoms with Crippen molar-refractivity contribution >= 4 is 72.2 Å². The number of nitrogens with zero attached hydrogens (tertiary/aromatic N) is 2. The van der Waals surface area contributed by atoms with Crippen LogP contribution in [-0.4, -0.2) is 56.7 Å². The largest absolute Gasteiger partial charge is 0.417 e. The van der Waals surface area contributed by atoms with Crippen LogP contribution >= 0.6 is 0 Å². The summed E-state index contributed by atoms with van der Waals surface area (Å²) in [6.07, 6.45) is -3.89. The van der Waals surface area contributed by atoms with Crippen molar-refractivity contribution in [2.45, 2.75) is 29.1 Å². The monoisotopic (exact) mass is 956 g/mol. The first-order valence-corrected chi connectivity index (χ1v) is 22.9. The molecule has 2 heterocycles. The summed E-state index contributed by atoms with van der Waals surface area (Å²) in [5, 5.41) is 0. The van der Waals surface area contributed by atoms with Crippen LogP contribution in [0.3, 0.4) is 0 Å². The number of sulfonamides is 2. The summed E-state index contributed by atoms with van der Waals surface area (Å²) in [5.74, 6) is 0.873. The lowest BCUT2D eigenvalue weighted by Gasteiger charge is -2.14. The van der Waals surface area contributed by atoms with Crippen LogP contribution in [0.15, 0.2) is 137 Å². The summed E-state index contributed by atoms with van der Waals surface area (Å²) in [5.41, 5.74) is 3.26. The highest BCUT2D eigenvalue weighted by atomic mass is 32.2. The van der Waals surface area contributed by atoms with E-state index in [1.54, 1.807) is 73.7 Å². The Balaban J connectivity index is 0.000000201. The molecular weight excluding hydrogens is 919 g/mol. The van der Waals surface area contributed by atoms with Crippen LogP contribution in [0, 0.1) is 0 Å². The molecule has 6 aromatic carbocycles. The third-order valence-electron chi connectivity index (χ3n) is 10.4. The number of halogens is 6. The van der Waals surface area contributed by atoms with Gasteiger partial charge in [0.2, 0.25) is 20.0 Å². The van der Waals surface area contributed by atoms with E-state index in [2.05, 4.69) is 29.4 Å². The highest BCUT2D eigenvalue weighted by Crippen LogP contribution is 2.38. The van der Waals surface area contributed by atoms with Gasteiger partial charge in [-0.3, -0.25) is 4.79 Å². The van der Waals surface area contributed by atoms with Gasteiger partial charge in [-0.1, -0.05) is 91.0 Å². The maximum atomic E-state index is 13.4. The molecular formula is C48H38F6N6O5S2. The third kappa shape index (κ3) is 10.9. The van der Waals surface area contributed by atoms with Gasteiger partial charge in [0.15, 0.2) is 5.78 Å². The molecule has 0 amide bonds. The van der Waals surface area contributed by atoms with Gasteiger partial charge >= 0.3 is 12.4 Å². The van der Waals surface area contributed by atoms with Crippen molar-refractivity contribution < 1.29 is 48.0 Å². The zero-order valence-corrected chi connectivity index (χ0v) is 37.1. The lowest BCUT2D eigenvalue weighted by atomic mass is 10.0. The van der Waals surface area contributed by atoms with E-state index < -0.39 is 49.1 Å². The molecule has 0 bridgehead atoms. The maximum absolute atomic E-state index is 13.4. The van der Waals surface area contributed by atoms with Gasteiger partial charge in [0.05, 0.1) is 43.0 Å². The molecule has 67 heavy (non-hydrogen) atoms. The molecule has 0 saturated heterocycles. The van der Waals surface area contributed by atoms with Crippen LogP contribution in [0.5, 0.6) is 0 Å².